The summed E-state index contributed by atoms with van der Waals surface area (Å²) in [6.45, 7) is 7.62. The molecule has 0 saturated carbocycles. The van der Waals surface area contributed by atoms with Crippen molar-refractivity contribution in [1.29, 1.82) is 0 Å². The van der Waals surface area contributed by atoms with Gasteiger partial charge in [-0.25, -0.2) is 0 Å². The zero-order valence-electron chi connectivity index (χ0n) is 19.3. The van der Waals surface area contributed by atoms with Crippen LogP contribution in [-0.4, -0.2) is 39.2 Å². The Labute approximate surface area is 197 Å². The predicted molar refractivity (Wildman–Crippen MR) is 129 cm³/mol. The molecule has 33 heavy (non-hydrogen) atoms. The van der Waals surface area contributed by atoms with Crippen molar-refractivity contribution >= 4 is 23.7 Å². The molecule has 3 aromatic rings. The third kappa shape index (κ3) is 6.10. The van der Waals surface area contributed by atoms with Gasteiger partial charge in [0.15, 0.2) is 11.6 Å². The van der Waals surface area contributed by atoms with Crippen LogP contribution in [0.5, 0.6) is 11.5 Å². The van der Waals surface area contributed by atoms with Gasteiger partial charge in [0.25, 0.3) is 0 Å². The highest BCUT2D eigenvalue weighted by molar-refractivity contribution is 7.98. The molecule has 3 rings (SSSR count). The molecule has 0 spiro atoms. The van der Waals surface area contributed by atoms with Crippen molar-refractivity contribution in [2.45, 2.75) is 51.1 Å². The molecular weight excluding hydrogens is 442 g/mol. The molecule has 1 heterocycles. The molecule has 0 aliphatic carbocycles. The second-order valence-electron chi connectivity index (χ2n) is 7.58. The lowest BCUT2D eigenvalue weighted by atomic mass is 10.2. The highest BCUT2D eigenvalue weighted by Crippen LogP contribution is 2.38. The molecule has 0 saturated heterocycles. The largest absolute Gasteiger partial charge is 0.493 e. The summed E-state index contributed by atoms with van der Waals surface area (Å²) in [5, 5.41) is 25.3. The van der Waals surface area contributed by atoms with Gasteiger partial charge < -0.3 is 9.47 Å². The average molecular weight is 470 g/mol. The summed E-state index contributed by atoms with van der Waals surface area (Å²) in [7, 11) is 1.45. The van der Waals surface area contributed by atoms with Gasteiger partial charge in [0.2, 0.25) is 10.9 Å². The van der Waals surface area contributed by atoms with E-state index in [1.807, 2.05) is 13.0 Å². The van der Waals surface area contributed by atoms with Crippen molar-refractivity contribution in [3.8, 4) is 11.5 Å². The molecule has 0 unspecified atom stereocenters. The van der Waals surface area contributed by atoms with E-state index >= 15 is 0 Å². The van der Waals surface area contributed by atoms with Crippen LogP contribution in [0.15, 0.2) is 46.7 Å². The quantitative estimate of drug-likeness (QED) is 0.177. The maximum absolute atomic E-state index is 11.7. The summed E-state index contributed by atoms with van der Waals surface area (Å²) >= 11 is 1.53. The maximum Gasteiger partial charge on any atom is 0.315 e. The van der Waals surface area contributed by atoms with Crippen LogP contribution in [0.1, 0.15) is 43.3 Å². The van der Waals surface area contributed by atoms with Gasteiger partial charge in [0.05, 0.1) is 24.4 Å². The van der Waals surface area contributed by atoms with Gasteiger partial charge in [-0.3, -0.25) is 10.1 Å². The minimum atomic E-state index is -0.489. The lowest BCUT2D eigenvalue weighted by molar-refractivity contribution is -0.386. The SMILES string of the molecule is CCc1nnc(SCc2cccc(C)c2)n1/N=C\c1cc(OC)c(OC(C)C)c([N+](=O)[O-])c1. The van der Waals surface area contributed by atoms with E-state index in [9.17, 15) is 10.1 Å². The fourth-order valence-corrected chi connectivity index (χ4v) is 3.97. The van der Waals surface area contributed by atoms with E-state index in [0.29, 0.717) is 23.0 Å². The third-order valence-electron chi connectivity index (χ3n) is 4.59. The Hall–Kier alpha value is -3.40. The second kappa shape index (κ2) is 11.0. The Bertz CT molecular complexity index is 1160. The van der Waals surface area contributed by atoms with E-state index in [1.54, 1.807) is 24.6 Å². The minimum Gasteiger partial charge on any atom is -0.493 e. The summed E-state index contributed by atoms with van der Waals surface area (Å²) < 4.78 is 12.7. The molecule has 2 aromatic carbocycles. The molecule has 174 valence electrons. The number of aryl methyl sites for hydroxylation is 2. The van der Waals surface area contributed by atoms with E-state index in [4.69, 9.17) is 9.47 Å². The van der Waals surface area contributed by atoms with Gasteiger partial charge in [-0.05, 0) is 32.4 Å². The van der Waals surface area contributed by atoms with Crippen molar-refractivity contribution in [2.24, 2.45) is 5.10 Å². The summed E-state index contributed by atoms with van der Waals surface area (Å²) in [5.41, 5.74) is 2.69. The number of nitrogens with zero attached hydrogens (tertiary/aromatic N) is 5. The number of rotatable bonds is 10. The van der Waals surface area contributed by atoms with Gasteiger partial charge in [0.1, 0.15) is 0 Å². The van der Waals surface area contributed by atoms with Crippen LogP contribution in [0, 0.1) is 17.0 Å². The lowest BCUT2D eigenvalue weighted by Crippen LogP contribution is -2.09. The number of hydrogen-bond donors (Lipinski definition) is 0. The summed E-state index contributed by atoms with van der Waals surface area (Å²) in [6.07, 6.45) is 1.93. The van der Waals surface area contributed by atoms with Crippen LogP contribution >= 0.6 is 11.8 Å². The second-order valence-corrected chi connectivity index (χ2v) is 8.52. The predicted octanol–water partition coefficient (Wildman–Crippen LogP) is 5.03. The average Bonchev–Trinajstić information content (AvgIpc) is 3.18. The van der Waals surface area contributed by atoms with Gasteiger partial charge >= 0.3 is 5.69 Å². The number of hydrogen-bond acceptors (Lipinski definition) is 8. The van der Waals surface area contributed by atoms with Crippen LogP contribution in [0.2, 0.25) is 0 Å². The van der Waals surface area contributed by atoms with Gasteiger partial charge in [-0.15, -0.1) is 10.2 Å². The van der Waals surface area contributed by atoms with E-state index < -0.39 is 4.92 Å². The minimum absolute atomic E-state index is 0.0996. The Morgan fingerprint density at radius 1 is 1.27 bits per heavy atom. The van der Waals surface area contributed by atoms with Gasteiger partial charge in [-0.1, -0.05) is 48.5 Å². The molecule has 0 aliphatic rings. The zero-order chi connectivity index (χ0) is 24.0. The number of benzene rings is 2. The van der Waals surface area contributed by atoms with Crippen molar-refractivity contribution in [3.05, 3.63) is 69.0 Å². The Morgan fingerprint density at radius 3 is 2.70 bits per heavy atom. The number of aromatic nitrogens is 3. The molecule has 0 bridgehead atoms. The smallest absolute Gasteiger partial charge is 0.315 e. The molecule has 9 nitrogen and oxygen atoms in total. The Balaban J connectivity index is 1.91. The Kier molecular flexibility index (Phi) is 8.05. The zero-order valence-corrected chi connectivity index (χ0v) is 20.1. The monoisotopic (exact) mass is 469 g/mol. The molecule has 10 heteroatoms. The summed E-state index contributed by atoms with van der Waals surface area (Å²) in [4.78, 5) is 11.2. The molecule has 0 radical (unpaired) electrons. The van der Waals surface area contributed by atoms with E-state index in [1.165, 1.54) is 42.3 Å². The van der Waals surface area contributed by atoms with E-state index in [-0.39, 0.29) is 23.3 Å². The van der Waals surface area contributed by atoms with Crippen LogP contribution < -0.4 is 9.47 Å². The summed E-state index contributed by atoms with van der Waals surface area (Å²) in [5.74, 6) is 1.79. The van der Waals surface area contributed by atoms with Gasteiger partial charge in [-0.2, -0.15) is 9.78 Å². The highest BCUT2D eigenvalue weighted by Gasteiger charge is 2.23. The normalized spacial score (nSPS) is 11.3. The van der Waals surface area contributed by atoms with E-state index in [2.05, 4.69) is 40.4 Å². The van der Waals surface area contributed by atoms with Gasteiger partial charge in [0, 0.05) is 23.8 Å². The van der Waals surface area contributed by atoms with Crippen LogP contribution in [0.3, 0.4) is 0 Å². The van der Waals surface area contributed by atoms with Crippen LogP contribution in [-0.2, 0) is 12.2 Å². The summed E-state index contributed by atoms with van der Waals surface area (Å²) in [6, 6.07) is 11.4. The standard InChI is InChI=1S/C23H27N5O4S/c1-6-21-25-26-23(33-14-17-9-7-8-16(4)10-17)27(21)24-13-18-11-19(28(29)30)22(32-15(2)3)20(12-18)31-5/h7-13,15H,6,14H2,1-5H3/b24-13-. The number of nitro benzene ring substituents is 1. The molecule has 0 atom stereocenters. The first-order chi connectivity index (χ1) is 15.8. The first-order valence-corrected chi connectivity index (χ1v) is 11.5. The molecule has 1 aromatic heterocycles. The number of ether oxygens (including phenoxy) is 2. The first-order valence-electron chi connectivity index (χ1n) is 10.5. The molecule has 0 aliphatic heterocycles. The fraction of sp³-hybridized carbons (Fsp3) is 0.348. The number of methoxy groups -OCH3 is 1. The molecular formula is C23H27N5O4S. The van der Waals surface area contributed by atoms with Crippen molar-refractivity contribution in [1.82, 2.24) is 14.9 Å². The van der Waals surface area contributed by atoms with Crippen LogP contribution in [0.4, 0.5) is 5.69 Å². The fourth-order valence-electron chi connectivity index (χ4n) is 3.12. The third-order valence-corrected chi connectivity index (χ3v) is 5.58. The molecule has 0 fully saturated rings. The number of nitro groups is 1. The maximum atomic E-state index is 11.7. The van der Waals surface area contributed by atoms with Crippen LogP contribution in [0.25, 0.3) is 0 Å². The number of thioether (sulfide) groups is 1. The van der Waals surface area contributed by atoms with Crippen molar-refractivity contribution in [2.75, 3.05) is 7.11 Å². The lowest BCUT2D eigenvalue weighted by Gasteiger charge is -2.14. The molecule has 0 amide bonds. The topological polar surface area (TPSA) is 105 Å². The van der Waals surface area contributed by atoms with Crippen molar-refractivity contribution < 1.29 is 14.4 Å². The van der Waals surface area contributed by atoms with E-state index in [0.717, 1.165) is 5.75 Å². The Morgan fingerprint density at radius 2 is 2.06 bits per heavy atom. The highest BCUT2D eigenvalue weighted by atomic mass is 32.2. The first kappa shape index (κ1) is 24.2. The molecule has 0 N–H and O–H groups in total. The van der Waals surface area contributed by atoms with Crippen molar-refractivity contribution in [3.63, 3.8) is 0 Å².